The first-order chi connectivity index (χ1) is 11.3. The van der Waals surface area contributed by atoms with E-state index in [0.717, 1.165) is 5.56 Å². The lowest BCUT2D eigenvalue weighted by molar-refractivity contribution is 0.1000. The summed E-state index contributed by atoms with van der Waals surface area (Å²) >= 11 is 0. The zero-order chi connectivity index (χ0) is 15.1. The van der Waals surface area contributed by atoms with Crippen LogP contribution in [0.4, 0.5) is 0 Å². The fourth-order valence-corrected chi connectivity index (χ4v) is 4.45. The molecule has 0 fully saturated rings. The summed E-state index contributed by atoms with van der Waals surface area (Å²) in [7, 11) is 0. The van der Waals surface area contributed by atoms with Gasteiger partial charge in [0.05, 0.1) is 0 Å². The molecule has 5 aromatic carbocycles. The van der Waals surface area contributed by atoms with Crippen molar-refractivity contribution >= 4 is 48.9 Å². The van der Waals surface area contributed by atoms with Crippen LogP contribution < -0.4 is 0 Å². The van der Waals surface area contributed by atoms with Crippen molar-refractivity contribution in [3.05, 3.63) is 71.8 Å². The van der Waals surface area contributed by atoms with E-state index in [4.69, 9.17) is 0 Å². The summed E-state index contributed by atoms with van der Waals surface area (Å²) in [5.41, 5.74) is 2.07. The Morgan fingerprint density at radius 1 is 0.609 bits per heavy atom. The summed E-state index contributed by atoms with van der Waals surface area (Å²) in [6.07, 6.45) is 0.543. The number of carbonyl (C=O) groups excluding carboxylic acids is 1. The molecule has 1 aliphatic carbocycles. The second-order valence-electron chi connectivity index (χ2n) is 6.49. The van der Waals surface area contributed by atoms with Crippen LogP contribution in [-0.4, -0.2) is 5.78 Å². The van der Waals surface area contributed by atoms with Gasteiger partial charge in [-0.2, -0.15) is 0 Å². The van der Waals surface area contributed by atoms with E-state index < -0.39 is 0 Å². The van der Waals surface area contributed by atoms with Gasteiger partial charge in [0.25, 0.3) is 0 Å². The van der Waals surface area contributed by atoms with Crippen molar-refractivity contribution in [1.82, 2.24) is 0 Å². The van der Waals surface area contributed by atoms with Crippen LogP contribution in [0.1, 0.15) is 15.9 Å². The molecule has 0 heterocycles. The monoisotopic (exact) mass is 292 g/mol. The van der Waals surface area contributed by atoms with Crippen LogP contribution in [-0.2, 0) is 6.42 Å². The first-order valence-electron chi connectivity index (χ1n) is 7.97. The van der Waals surface area contributed by atoms with Crippen LogP contribution in [0.5, 0.6) is 0 Å². The molecule has 106 valence electrons. The normalized spacial score (nSPS) is 14.0. The molecule has 0 aromatic heterocycles. The molecule has 23 heavy (non-hydrogen) atoms. The van der Waals surface area contributed by atoms with Crippen LogP contribution >= 0.6 is 0 Å². The van der Waals surface area contributed by atoms with Crippen LogP contribution in [0.2, 0.25) is 0 Å². The maximum absolute atomic E-state index is 12.3. The molecule has 0 saturated heterocycles. The predicted molar refractivity (Wildman–Crippen MR) is 95.7 cm³/mol. The smallest absolute Gasteiger partial charge is 0.167 e. The van der Waals surface area contributed by atoms with E-state index >= 15 is 0 Å². The van der Waals surface area contributed by atoms with Crippen molar-refractivity contribution in [3.8, 4) is 0 Å². The SMILES string of the molecule is O=C1Cc2ccc3c4cccc5cccc(c6ccc1c2c36)c54. The van der Waals surface area contributed by atoms with Gasteiger partial charge in [-0.25, -0.2) is 0 Å². The zero-order valence-corrected chi connectivity index (χ0v) is 12.4. The third-order valence-electron chi connectivity index (χ3n) is 5.38. The molecule has 1 heteroatoms. The molecule has 0 aliphatic heterocycles. The lowest BCUT2D eigenvalue weighted by atomic mass is 9.88. The molecule has 0 unspecified atom stereocenters. The predicted octanol–water partition coefficient (Wildman–Crippen LogP) is 5.48. The fraction of sp³-hybridized carbons (Fsp3) is 0.0455. The highest BCUT2D eigenvalue weighted by Crippen LogP contribution is 2.43. The molecule has 0 saturated carbocycles. The van der Waals surface area contributed by atoms with Gasteiger partial charge in [-0.05, 0) is 48.7 Å². The van der Waals surface area contributed by atoms with Crippen molar-refractivity contribution in [2.45, 2.75) is 6.42 Å². The Labute approximate surface area is 132 Å². The molecule has 0 amide bonds. The molecule has 0 atom stereocenters. The molecular weight excluding hydrogens is 280 g/mol. The van der Waals surface area contributed by atoms with Gasteiger partial charge in [0.1, 0.15) is 0 Å². The third kappa shape index (κ3) is 1.24. The second kappa shape index (κ2) is 3.69. The summed E-state index contributed by atoms with van der Waals surface area (Å²) in [5, 5.41) is 10.1. The molecule has 1 nitrogen and oxygen atoms in total. The van der Waals surface area contributed by atoms with Gasteiger partial charge < -0.3 is 0 Å². The summed E-state index contributed by atoms with van der Waals surface area (Å²) in [5.74, 6) is 0.251. The number of benzene rings is 5. The van der Waals surface area contributed by atoms with Gasteiger partial charge in [-0.15, -0.1) is 0 Å². The van der Waals surface area contributed by atoms with Crippen LogP contribution in [0, 0.1) is 0 Å². The summed E-state index contributed by atoms with van der Waals surface area (Å²) in [6, 6.07) is 21.5. The summed E-state index contributed by atoms with van der Waals surface area (Å²) in [4.78, 5) is 12.3. The van der Waals surface area contributed by atoms with Crippen molar-refractivity contribution < 1.29 is 4.79 Å². The number of Topliss-reactive ketones (excluding diaryl/α,β-unsaturated/α-hetero) is 1. The van der Waals surface area contributed by atoms with Gasteiger partial charge in [0.15, 0.2) is 5.78 Å². The Hall–Kier alpha value is -2.93. The highest BCUT2D eigenvalue weighted by molar-refractivity contribution is 6.35. The van der Waals surface area contributed by atoms with E-state index in [2.05, 4.69) is 54.6 Å². The molecule has 0 N–H and O–H groups in total. The minimum Gasteiger partial charge on any atom is -0.294 e. The number of hydrogen-bond acceptors (Lipinski definition) is 1. The lowest BCUT2D eigenvalue weighted by Gasteiger charge is -2.15. The van der Waals surface area contributed by atoms with Gasteiger partial charge >= 0.3 is 0 Å². The molecule has 0 bridgehead atoms. The average molecular weight is 292 g/mol. The second-order valence-corrected chi connectivity index (χ2v) is 6.49. The van der Waals surface area contributed by atoms with Crippen molar-refractivity contribution in [3.63, 3.8) is 0 Å². The van der Waals surface area contributed by atoms with Crippen molar-refractivity contribution in [2.75, 3.05) is 0 Å². The lowest BCUT2D eigenvalue weighted by Crippen LogP contribution is -1.93. The van der Waals surface area contributed by atoms with Gasteiger partial charge in [-0.3, -0.25) is 4.79 Å². The number of ketones is 1. The third-order valence-corrected chi connectivity index (χ3v) is 5.38. The Kier molecular flexibility index (Phi) is 1.86. The minimum atomic E-state index is 0.251. The highest BCUT2D eigenvalue weighted by Gasteiger charge is 2.24. The standard InChI is InChI=1S/C22H12O/c23-19-11-13-7-8-16-14-5-1-3-12-4-2-6-15(20(12)14)17-9-10-18(19)21(13)22(16)17/h1-10H,11H2. The zero-order valence-electron chi connectivity index (χ0n) is 12.4. The molecule has 6 rings (SSSR count). The van der Waals surface area contributed by atoms with E-state index in [-0.39, 0.29) is 5.78 Å². The van der Waals surface area contributed by atoms with Crippen LogP contribution in [0.25, 0.3) is 43.1 Å². The van der Waals surface area contributed by atoms with E-state index in [9.17, 15) is 4.79 Å². The van der Waals surface area contributed by atoms with Crippen molar-refractivity contribution in [1.29, 1.82) is 0 Å². The maximum Gasteiger partial charge on any atom is 0.167 e. The average Bonchev–Trinajstić information content (AvgIpc) is 2.92. The van der Waals surface area contributed by atoms with Gasteiger partial charge in [0.2, 0.25) is 0 Å². The molecule has 0 spiro atoms. The molecule has 5 aromatic rings. The number of hydrogen-bond donors (Lipinski definition) is 0. The largest absolute Gasteiger partial charge is 0.294 e. The number of carbonyl (C=O) groups is 1. The van der Waals surface area contributed by atoms with Crippen LogP contribution in [0.15, 0.2) is 60.7 Å². The highest BCUT2D eigenvalue weighted by atomic mass is 16.1. The van der Waals surface area contributed by atoms with E-state index in [1.54, 1.807) is 0 Å². The topological polar surface area (TPSA) is 17.1 Å². The Balaban J connectivity index is 2.07. The Bertz CT molecular complexity index is 1240. The van der Waals surface area contributed by atoms with E-state index in [0.29, 0.717) is 6.42 Å². The van der Waals surface area contributed by atoms with Gasteiger partial charge in [-0.1, -0.05) is 60.7 Å². The van der Waals surface area contributed by atoms with E-state index in [1.165, 1.54) is 48.7 Å². The molecule has 1 aliphatic rings. The van der Waals surface area contributed by atoms with E-state index in [1.807, 2.05) is 6.07 Å². The van der Waals surface area contributed by atoms with Crippen LogP contribution in [0.3, 0.4) is 0 Å². The molecule has 0 radical (unpaired) electrons. The number of fused-ring (bicyclic) bond motifs is 2. The Morgan fingerprint density at radius 3 is 2.00 bits per heavy atom. The summed E-state index contributed by atoms with van der Waals surface area (Å²) in [6.45, 7) is 0. The summed E-state index contributed by atoms with van der Waals surface area (Å²) < 4.78 is 0. The van der Waals surface area contributed by atoms with Gasteiger partial charge in [0, 0.05) is 12.0 Å². The number of rotatable bonds is 0. The first-order valence-corrected chi connectivity index (χ1v) is 7.97. The minimum absolute atomic E-state index is 0.251. The first kappa shape index (κ1) is 11.6. The fourth-order valence-electron chi connectivity index (χ4n) is 4.45. The molecular formula is C22H12O. The van der Waals surface area contributed by atoms with Crippen molar-refractivity contribution in [2.24, 2.45) is 0 Å². The maximum atomic E-state index is 12.3. The Morgan fingerprint density at radius 2 is 1.26 bits per heavy atom. The quantitative estimate of drug-likeness (QED) is 0.273.